The third-order valence-corrected chi connectivity index (χ3v) is 2.35. The Morgan fingerprint density at radius 3 is 2.80 bits per heavy atom. The van der Waals surface area contributed by atoms with Crippen LogP contribution in [-0.4, -0.2) is 5.11 Å². The Morgan fingerprint density at radius 2 is 2.13 bits per heavy atom. The van der Waals surface area contributed by atoms with Crippen LogP contribution >= 0.6 is 11.6 Å². The molecule has 0 aliphatic heterocycles. The van der Waals surface area contributed by atoms with Crippen molar-refractivity contribution in [2.45, 2.75) is 6.10 Å². The van der Waals surface area contributed by atoms with Crippen LogP contribution in [0, 0.1) is 5.82 Å². The summed E-state index contributed by atoms with van der Waals surface area (Å²) in [5, 5.41) is 10.2. The Morgan fingerprint density at radius 1 is 1.33 bits per heavy atom. The van der Waals surface area contributed by atoms with E-state index in [9.17, 15) is 9.50 Å². The van der Waals surface area contributed by atoms with Crippen molar-refractivity contribution in [1.82, 2.24) is 0 Å². The van der Waals surface area contributed by atoms with Gasteiger partial charge in [-0.25, -0.2) is 4.39 Å². The topological polar surface area (TPSA) is 33.4 Å². The number of aliphatic hydroxyl groups excluding tert-OH is 1. The molecule has 0 aliphatic rings. The maximum Gasteiger partial charge on any atom is 0.129 e. The third kappa shape index (κ3) is 2.03. The highest BCUT2D eigenvalue weighted by atomic mass is 35.5. The van der Waals surface area contributed by atoms with Gasteiger partial charge in [-0.05, 0) is 24.3 Å². The minimum atomic E-state index is -1.05. The first kappa shape index (κ1) is 10.2. The number of rotatable bonds is 2. The molecule has 0 saturated carbocycles. The maximum atomic E-state index is 13.4. The Balaban J connectivity index is 2.41. The summed E-state index contributed by atoms with van der Waals surface area (Å²) in [6, 6.07) is 5.63. The van der Waals surface area contributed by atoms with E-state index in [1.807, 2.05) is 0 Å². The first-order valence-corrected chi connectivity index (χ1v) is 4.71. The van der Waals surface area contributed by atoms with Crippen molar-refractivity contribution >= 4 is 11.6 Å². The predicted octanol–water partition coefficient (Wildman–Crippen LogP) is 3.15. The van der Waals surface area contributed by atoms with Crippen LogP contribution in [0.25, 0.3) is 0 Å². The van der Waals surface area contributed by atoms with Crippen LogP contribution in [0.5, 0.6) is 0 Å². The van der Waals surface area contributed by atoms with Crippen molar-refractivity contribution in [2.75, 3.05) is 0 Å². The Kier molecular flexibility index (Phi) is 2.75. The highest BCUT2D eigenvalue weighted by Gasteiger charge is 2.16. The van der Waals surface area contributed by atoms with Gasteiger partial charge in [0.2, 0.25) is 0 Å². The maximum absolute atomic E-state index is 13.4. The number of furan rings is 1. The second kappa shape index (κ2) is 4.04. The minimum absolute atomic E-state index is 0.143. The monoisotopic (exact) mass is 226 g/mol. The molecule has 0 amide bonds. The number of benzene rings is 1. The van der Waals surface area contributed by atoms with E-state index in [4.69, 9.17) is 16.0 Å². The van der Waals surface area contributed by atoms with Crippen molar-refractivity contribution in [1.29, 1.82) is 0 Å². The van der Waals surface area contributed by atoms with E-state index in [0.29, 0.717) is 10.6 Å². The van der Waals surface area contributed by atoms with Gasteiger partial charge in [0.25, 0.3) is 0 Å². The van der Waals surface area contributed by atoms with Gasteiger partial charge in [0.15, 0.2) is 0 Å². The molecule has 15 heavy (non-hydrogen) atoms. The molecule has 2 rings (SSSR count). The second-order valence-corrected chi connectivity index (χ2v) is 3.56. The predicted molar refractivity (Wildman–Crippen MR) is 54.2 cm³/mol. The summed E-state index contributed by atoms with van der Waals surface area (Å²) >= 11 is 5.72. The number of aliphatic hydroxyl groups is 1. The number of hydrogen-bond donors (Lipinski definition) is 1. The fourth-order valence-electron chi connectivity index (χ4n) is 1.33. The van der Waals surface area contributed by atoms with Crippen LogP contribution in [0.15, 0.2) is 41.2 Å². The van der Waals surface area contributed by atoms with Crippen molar-refractivity contribution < 1.29 is 13.9 Å². The zero-order chi connectivity index (χ0) is 10.8. The van der Waals surface area contributed by atoms with Gasteiger partial charge < -0.3 is 9.52 Å². The van der Waals surface area contributed by atoms with Gasteiger partial charge in [-0.3, -0.25) is 0 Å². The Hall–Kier alpha value is -1.32. The molecule has 0 fully saturated rings. The quantitative estimate of drug-likeness (QED) is 0.853. The lowest BCUT2D eigenvalue weighted by Gasteiger charge is -2.09. The molecule has 2 aromatic rings. The van der Waals surface area contributed by atoms with Gasteiger partial charge >= 0.3 is 0 Å². The molecule has 4 heteroatoms. The third-order valence-electron chi connectivity index (χ3n) is 2.11. The lowest BCUT2D eigenvalue weighted by Crippen LogP contribution is -2.01. The summed E-state index contributed by atoms with van der Waals surface area (Å²) < 4.78 is 18.2. The zero-order valence-corrected chi connectivity index (χ0v) is 8.41. The first-order valence-electron chi connectivity index (χ1n) is 4.33. The molecule has 0 bridgehead atoms. The molecule has 78 valence electrons. The van der Waals surface area contributed by atoms with Crippen LogP contribution in [-0.2, 0) is 0 Å². The minimum Gasteiger partial charge on any atom is -0.472 e. The molecule has 1 atom stereocenters. The van der Waals surface area contributed by atoms with E-state index in [2.05, 4.69) is 0 Å². The summed E-state index contributed by atoms with van der Waals surface area (Å²) in [6.45, 7) is 0. The molecule has 1 heterocycles. The first-order chi connectivity index (χ1) is 7.18. The van der Waals surface area contributed by atoms with Crippen molar-refractivity contribution in [3.05, 3.63) is 58.8 Å². The molecule has 1 aromatic heterocycles. The second-order valence-electron chi connectivity index (χ2n) is 3.13. The molecule has 1 aromatic carbocycles. The van der Waals surface area contributed by atoms with E-state index in [1.54, 1.807) is 6.07 Å². The lowest BCUT2D eigenvalue weighted by molar-refractivity contribution is 0.214. The van der Waals surface area contributed by atoms with E-state index in [0.717, 1.165) is 0 Å². The molecule has 0 aliphatic carbocycles. The Labute approximate surface area is 90.9 Å². The average Bonchev–Trinajstić information content (AvgIpc) is 2.74. The van der Waals surface area contributed by atoms with Crippen LogP contribution in [0.4, 0.5) is 4.39 Å². The van der Waals surface area contributed by atoms with Crippen molar-refractivity contribution in [3.63, 3.8) is 0 Å². The van der Waals surface area contributed by atoms with E-state index >= 15 is 0 Å². The van der Waals surface area contributed by atoms with E-state index < -0.39 is 11.9 Å². The molecule has 1 unspecified atom stereocenters. The lowest BCUT2D eigenvalue weighted by atomic mass is 10.0. The van der Waals surface area contributed by atoms with Crippen molar-refractivity contribution in [2.24, 2.45) is 0 Å². The van der Waals surface area contributed by atoms with E-state index in [-0.39, 0.29) is 5.56 Å². The average molecular weight is 227 g/mol. The van der Waals surface area contributed by atoms with Gasteiger partial charge in [0.1, 0.15) is 11.9 Å². The summed E-state index contributed by atoms with van der Waals surface area (Å²) in [6.07, 6.45) is 1.73. The molecule has 0 radical (unpaired) electrons. The highest BCUT2D eigenvalue weighted by molar-refractivity contribution is 6.30. The fraction of sp³-hybridized carbons (Fsp3) is 0.0909. The van der Waals surface area contributed by atoms with Crippen LogP contribution in [0.2, 0.25) is 5.02 Å². The van der Waals surface area contributed by atoms with Gasteiger partial charge in [-0.1, -0.05) is 11.6 Å². The molecule has 1 N–H and O–H groups in total. The molecular weight excluding hydrogens is 219 g/mol. The number of hydrogen-bond acceptors (Lipinski definition) is 2. The van der Waals surface area contributed by atoms with Gasteiger partial charge in [-0.2, -0.15) is 0 Å². The summed E-state index contributed by atoms with van der Waals surface area (Å²) in [5.41, 5.74) is 0.639. The molecule has 2 nitrogen and oxygen atoms in total. The van der Waals surface area contributed by atoms with Crippen LogP contribution in [0.1, 0.15) is 17.2 Å². The van der Waals surface area contributed by atoms with Crippen LogP contribution in [0.3, 0.4) is 0 Å². The standard InChI is InChI=1S/C11H8ClFO2/c12-8-1-2-10(13)9(5-8)11(14)7-3-4-15-6-7/h1-6,11,14H. The van der Waals surface area contributed by atoms with Crippen molar-refractivity contribution in [3.8, 4) is 0 Å². The summed E-state index contributed by atoms with van der Waals surface area (Å²) in [5.74, 6) is -0.492. The molecule has 0 spiro atoms. The summed E-state index contributed by atoms with van der Waals surface area (Å²) in [7, 11) is 0. The largest absolute Gasteiger partial charge is 0.472 e. The molecule has 0 saturated heterocycles. The van der Waals surface area contributed by atoms with Crippen LogP contribution < -0.4 is 0 Å². The highest BCUT2D eigenvalue weighted by Crippen LogP contribution is 2.26. The van der Waals surface area contributed by atoms with Gasteiger partial charge in [0, 0.05) is 16.1 Å². The zero-order valence-electron chi connectivity index (χ0n) is 7.65. The van der Waals surface area contributed by atoms with Gasteiger partial charge in [0.05, 0.1) is 12.5 Å². The number of halogens is 2. The summed E-state index contributed by atoms with van der Waals surface area (Å²) in [4.78, 5) is 0. The van der Waals surface area contributed by atoms with E-state index in [1.165, 1.54) is 30.7 Å². The van der Waals surface area contributed by atoms with Gasteiger partial charge in [-0.15, -0.1) is 0 Å². The normalized spacial score (nSPS) is 12.7. The SMILES string of the molecule is OC(c1ccoc1)c1cc(Cl)ccc1F. The fourth-order valence-corrected chi connectivity index (χ4v) is 1.51. The molecular formula is C11H8ClFO2. The smallest absolute Gasteiger partial charge is 0.129 e. The Bertz CT molecular complexity index is 454.